The summed E-state index contributed by atoms with van der Waals surface area (Å²) in [4.78, 5) is 0. The molecule has 0 fully saturated rings. The van der Waals surface area contributed by atoms with E-state index in [1.165, 1.54) is 10.8 Å². The topological polar surface area (TPSA) is 0 Å². The van der Waals surface area contributed by atoms with Crippen LogP contribution in [-0.4, -0.2) is 0 Å². The average molecular weight is 186 g/mol. The normalized spacial score (nSPS) is 9.09. The van der Waals surface area contributed by atoms with Gasteiger partial charge in [-0.2, -0.15) is 0 Å². The number of hydrogen-bond acceptors (Lipinski definition) is 0. The van der Waals surface area contributed by atoms with Crippen LogP contribution in [0.5, 0.6) is 0 Å². The molecular weight excluding hydrogens is 179 g/mol. The fraction of sp³-hybridized carbons (Fsp3) is 0. The zero-order valence-electron chi connectivity index (χ0n) is 5.86. The number of rotatable bonds is 0. The summed E-state index contributed by atoms with van der Waals surface area (Å²) >= 11 is 0. The molecule has 1 heteroatoms. The zero-order valence-corrected chi connectivity index (χ0v) is 6.85. The van der Waals surface area contributed by atoms with Gasteiger partial charge in [0, 0.05) is 16.5 Å². The van der Waals surface area contributed by atoms with Crippen LogP contribution in [0.3, 0.4) is 0 Å². The predicted octanol–water partition coefficient (Wildman–Crippen LogP) is 2.64. The summed E-state index contributed by atoms with van der Waals surface area (Å²) in [6.45, 7) is 0. The molecule has 0 aliphatic rings. The second kappa shape index (κ2) is 3.55. The molecule has 0 unspecified atom stereocenters. The fourth-order valence-corrected chi connectivity index (χ4v) is 1.06. The summed E-state index contributed by atoms with van der Waals surface area (Å²) in [7, 11) is 0. The average Bonchev–Trinajstić information content (AvgIpc) is 2.05. The van der Waals surface area contributed by atoms with E-state index in [2.05, 4.69) is 24.3 Å². The van der Waals surface area contributed by atoms with E-state index in [0.29, 0.717) is 0 Å². The molecule has 0 amide bonds. The van der Waals surface area contributed by atoms with Crippen LogP contribution in [0.1, 0.15) is 0 Å². The molecule has 58 valence electrons. The van der Waals surface area contributed by atoms with Gasteiger partial charge < -0.3 is 0 Å². The van der Waals surface area contributed by atoms with Crippen LogP contribution in [0.25, 0.3) is 10.8 Å². The van der Waals surface area contributed by atoms with Crippen LogP contribution in [0, 0.1) is 6.07 Å². The molecule has 0 radical (unpaired) electrons. The molecule has 0 nitrogen and oxygen atoms in total. The molecule has 0 aliphatic heterocycles. The van der Waals surface area contributed by atoms with Gasteiger partial charge in [0.25, 0.3) is 0 Å². The molecular formula is C10H7Ni-. The van der Waals surface area contributed by atoms with Gasteiger partial charge in [-0.05, 0) is 0 Å². The van der Waals surface area contributed by atoms with E-state index in [0.717, 1.165) is 0 Å². The molecule has 2 rings (SSSR count). The van der Waals surface area contributed by atoms with Gasteiger partial charge in [0.1, 0.15) is 0 Å². The van der Waals surface area contributed by atoms with Crippen molar-refractivity contribution >= 4 is 10.8 Å². The first-order valence-electron chi connectivity index (χ1n) is 3.32. The maximum Gasteiger partial charge on any atom is 0 e. The minimum atomic E-state index is 0. The van der Waals surface area contributed by atoms with Gasteiger partial charge in [0.2, 0.25) is 0 Å². The van der Waals surface area contributed by atoms with E-state index in [1.807, 2.05) is 24.3 Å². The molecule has 2 aromatic rings. The molecule has 11 heavy (non-hydrogen) atoms. The van der Waals surface area contributed by atoms with E-state index < -0.39 is 0 Å². The van der Waals surface area contributed by atoms with E-state index >= 15 is 0 Å². The third kappa shape index (κ3) is 1.61. The largest absolute Gasteiger partial charge is 0.147 e. The van der Waals surface area contributed by atoms with E-state index in [4.69, 9.17) is 0 Å². The van der Waals surface area contributed by atoms with E-state index in [-0.39, 0.29) is 16.5 Å². The van der Waals surface area contributed by atoms with Crippen molar-refractivity contribution in [1.82, 2.24) is 0 Å². The monoisotopic (exact) mass is 185 g/mol. The summed E-state index contributed by atoms with van der Waals surface area (Å²) < 4.78 is 0. The van der Waals surface area contributed by atoms with Gasteiger partial charge >= 0.3 is 0 Å². The Morgan fingerprint density at radius 1 is 0.909 bits per heavy atom. The summed E-state index contributed by atoms with van der Waals surface area (Å²) in [5.74, 6) is 0. The second-order valence-electron chi connectivity index (χ2n) is 2.26. The smallest absolute Gasteiger partial charge is 0 e. The van der Waals surface area contributed by atoms with Crippen molar-refractivity contribution in [3.63, 3.8) is 0 Å². The Bertz CT molecular complexity index is 276. The molecule has 0 aliphatic carbocycles. The second-order valence-corrected chi connectivity index (χ2v) is 2.26. The van der Waals surface area contributed by atoms with Crippen molar-refractivity contribution in [2.75, 3.05) is 0 Å². The SMILES string of the molecule is [Ni].[c-]1cccc2ccccc12. The Morgan fingerprint density at radius 3 is 2.45 bits per heavy atom. The van der Waals surface area contributed by atoms with E-state index in [9.17, 15) is 0 Å². The van der Waals surface area contributed by atoms with Gasteiger partial charge in [-0.1, -0.05) is 12.1 Å². The Morgan fingerprint density at radius 2 is 1.64 bits per heavy atom. The third-order valence-corrected chi connectivity index (χ3v) is 1.57. The molecule has 0 N–H and O–H groups in total. The van der Waals surface area contributed by atoms with Crippen molar-refractivity contribution in [2.24, 2.45) is 0 Å². The molecule has 0 saturated heterocycles. The van der Waals surface area contributed by atoms with Crippen LogP contribution in [0.2, 0.25) is 0 Å². The Balaban J connectivity index is 0.000000605. The minimum Gasteiger partial charge on any atom is -0.147 e. The molecule has 2 aromatic carbocycles. The standard InChI is InChI=1S/C10H7.Ni/c1-2-6-10-8-4-3-7-9(10)5-1;/h1-7H;/q-1;. The van der Waals surface area contributed by atoms with Crippen molar-refractivity contribution in [2.45, 2.75) is 0 Å². The van der Waals surface area contributed by atoms with Crippen molar-refractivity contribution in [3.8, 4) is 0 Å². The molecule has 0 saturated carbocycles. The van der Waals surface area contributed by atoms with E-state index in [1.54, 1.807) is 0 Å². The summed E-state index contributed by atoms with van der Waals surface area (Å²) in [5, 5.41) is 2.44. The predicted molar refractivity (Wildman–Crippen MR) is 42.8 cm³/mol. The quantitative estimate of drug-likeness (QED) is 0.438. The van der Waals surface area contributed by atoms with Crippen LogP contribution < -0.4 is 0 Å². The first-order chi connectivity index (χ1) is 4.97. The molecule has 0 bridgehead atoms. The number of hydrogen-bond donors (Lipinski definition) is 0. The summed E-state index contributed by atoms with van der Waals surface area (Å²) in [6.07, 6.45) is 0. The molecule has 0 spiro atoms. The van der Waals surface area contributed by atoms with Crippen molar-refractivity contribution in [1.29, 1.82) is 0 Å². The first-order valence-corrected chi connectivity index (χ1v) is 3.32. The van der Waals surface area contributed by atoms with Gasteiger partial charge in [-0.15, -0.1) is 47.2 Å². The Kier molecular flexibility index (Phi) is 2.67. The first kappa shape index (κ1) is 8.29. The maximum absolute atomic E-state index is 3.15. The van der Waals surface area contributed by atoms with Gasteiger partial charge in [0.05, 0.1) is 0 Å². The fourth-order valence-electron chi connectivity index (χ4n) is 1.06. The van der Waals surface area contributed by atoms with Crippen LogP contribution in [0.15, 0.2) is 42.5 Å². The molecule has 0 heterocycles. The minimum absolute atomic E-state index is 0. The third-order valence-electron chi connectivity index (χ3n) is 1.57. The van der Waals surface area contributed by atoms with Gasteiger partial charge in [-0.3, -0.25) is 0 Å². The van der Waals surface area contributed by atoms with Gasteiger partial charge in [-0.25, -0.2) is 0 Å². The van der Waals surface area contributed by atoms with Crippen molar-refractivity contribution in [3.05, 3.63) is 48.5 Å². The van der Waals surface area contributed by atoms with Crippen molar-refractivity contribution < 1.29 is 16.5 Å². The molecule has 0 atom stereocenters. The van der Waals surface area contributed by atoms with Crippen LogP contribution >= 0.6 is 0 Å². The summed E-state index contributed by atoms with van der Waals surface area (Å²) in [6, 6.07) is 17.4. The van der Waals surface area contributed by atoms with Crippen LogP contribution in [-0.2, 0) is 16.5 Å². The molecule has 0 aromatic heterocycles. The number of fused-ring (bicyclic) bond motifs is 1. The number of benzene rings is 2. The van der Waals surface area contributed by atoms with Gasteiger partial charge in [0.15, 0.2) is 0 Å². The summed E-state index contributed by atoms with van der Waals surface area (Å²) in [5.41, 5.74) is 0. The maximum atomic E-state index is 3.15. The Labute approximate surface area is 76.2 Å². The Hall–Kier alpha value is -0.806. The van der Waals surface area contributed by atoms with Crippen LogP contribution in [0.4, 0.5) is 0 Å². The zero-order chi connectivity index (χ0) is 6.81.